The van der Waals surface area contributed by atoms with Crippen molar-refractivity contribution in [3.05, 3.63) is 30.6 Å². The molecule has 2 aromatic rings. The molecule has 0 saturated carbocycles. The number of hydrogen-bond donors (Lipinski definition) is 3. The van der Waals surface area contributed by atoms with Crippen molar-refractivity contribution in [3.8, 4) is 0 Å². The maximum atomic E-state index is 11.6. The first kappa shape index (κ1) is 16.3. The van der Waals surface area contributed by atoms with E-state index in [0.29, 0.717) is 25.9 Å². The van der Waals surface area contributed by atoms with Gasteiger partial charge in [-0.2, -0.15) is 0 Å². The molecule has 0 aliphatic carbocycles. The van der Waals surface area contributed by atoms with Gasteiger partial charge in [0.2, 0.25) is 0 Å². The van der Waals surface area contributed by atoms with Crippen LogP contribution in [0.4, 0.5) is 4.79 Å². The fraction of sp³-hybridized carbons (Fsp3) is 0.500. The number of fused-ring (bicyclic) bond motifs is 1. The van der Waals surface area contributed by atoms with Crippen LogP contribution in [0.3, 0.4) is 0 Å². The fourth-order valence-electron chi connectivity index (χ4n) is 2.26. The van der Waals surface area contributed by atoms with E-state index in [1.165, 1.54) is 0 Å². The lowest BCUT2D eigenvalue weighted by molar-refractivity contribution is 0.160. The number of urea groups is 1. The van der Waals surface area contributed by atoms with Crippen molar-refractivity contribution in [3.63, 3.8) is 0 Å². The summed E-state index contributed by atoms with van der Waals surface area (Å²) in [5, 5.41) is 15.0. The highest BCUT2D eigenvalue weighted by molar-refractivity contribution is 5.75. The van der Waals surface area contributed by atoms with E-state index in [4.69, 9.17) is 0 Å². The quantitative estimate of drug-likeness (QED) is 0.652. The Labute approximate surface area is 130 Å². The van der Waals surface area contributed by atoms with Gasteiger partial charge >= 0.3 is 6.03 Å². The molecule has 2 rings (SSSR count). The number of aromatic nitrogens is 2. The molecule has 1 atom stereocenters. The monoisotopic (exact) mass is 304 g/mol. The SMILES string of the molecule is CCC(O)CCNC(=O)NCCCn1cnc2ccccc21. The van der Waals surface area contributed by atoms with Crippen LogP contribution in [-0.4, -0.2) is 39.9 Å². The molecule has 1 unspecified atom stereocenters. The van der Waals surface area contributed by atoms with Crippen molar-refractivity contribution in [2.75, 3.05) is 13.1 Å². The Hall–Kier alpha value is -2.08. The first-order chi connectivity index (χ1) is 10.7. The van der Waals surface area contributed by atoms with Gasteiger partial charge < -0.3 is 20.3 Å². The van der Waals surface area contributed by atoms with Gasteiger partial charge in [0.25, 0.3) is 0 Å². The molecule has 6 nitrogen and oxygen atoms in total. The van der Waals surface area contributed by atoms with Gasteiger partial charge in [0.1, 0.15) is 0 Å². The molecular weight excluding hydrogens is 280 g/mol. The molecule has 1 heterocycles. The number of rotatable bonds is 8. The number of amides is 2. The summed E-state index contributed by atoms with van der Waals surface area (Å²) >= 11 is 0. The molecule has 22 heavy (non-hydrogen) atoms. The van der Waals surface area contributed by atoms with E-state index in [1.54, 1.807) is 0 Å². The maximum Gasteiger partial charge on any atom is 0.314 e. The molecule has 0 bridgehead atoms. The minimum Gasteiger partial charge on any atom is -0.393 e. The van der Waals surface area contributed by atoms with E-state index >= 15 is 0 Å². The van der Waals surface area contributed by atoms with Gasteiger partial charge in [-0.05, 0) is 31.4 Å². The number of hydrogen-bond acceptors (Lipinski definition) is 3. The van der Waals surface area contributed by atoms with Crippen molar-refractivity contribution in [2.24, 2.45) is 0 Å². The number of imidazole rings is 1. The average Bonchev–Trinajstić information content (AvgIpc) is 2.94. The van der Waals surface area contributed by atoms with Gasteiger partial charge in [-0.3, -0.25) is 0 Å². The summed E-state index contributed by atoms with van der Waals surface area (Å²) in [7, 11) is 0. The molecule has 0 saturated heterocycles. The van der Waals surface area contributed by atoms with Crippen LogP contribution in [0.2, 0.25) is 0 Å². The third-order valence-corrected chi connectivity index (χ3v) is 3.62. The third kappa shape index (κ3) is 4.73. The van der Waals surface area contributed by atoms with Gasteiger partial charge in [-0.1, -0.05) is 19.1 Å². The standard InChI is InChI=1S/C16H24N4O2/c1-2-13(21)8-10-18-16(22)17-9-5-11-20-12-19-14-6-3-4-7-15(14)20/h3-4,6-7,12-13,21H,2,5,8-11H2,1H3,(H2,17,18,22). The molecule has 0 aliphatic heterocycles. The first-order valence-electron chi connectivity index (χ1n) is 7.80. The zero-order chi connectivity index (χ0) is 15.8. The average molecular weight is 304 g/mol. The first-order valence-corrected chi connectivity index (χ1v) is 7.80. The molecule has 0 fully saturated rings. The summed E-state index contributed by atoms with van der Waals surface area (Å²) < 4.78 is 2.09. The van der Waals surface area contributed by atoms with Gasteiger partial charge in [-0.15, -0.1) is 0 Å². The number of carbonyl (C=O) groups is 1. The van der Waals surface area contributed by atoms with Gasteiger partial charge in [0, 0.05) is 19.6 Å². The van der Waals surface area contributed by atoms with Gasteiger partial charge in [-0.25, -0.2) is 9.78 Å². The fourth-order valence-corrected chi connectivity index (χ4v) is 2.26. The third-order valence-electron chi connectivity index (χ3n) is 3.62. The minimum atomic E-state index is -0.338. The van der Waals surface area contributed by atoms with Crippen molar-refractivity contribution >= 4 is 17.1 Å². The number of carbonyl (C=O) groups excluding carboxylic acids is 1. The minimum absolute atomic E-state index is 0.182. The van der Waals surface area contributed by atoms with Crippen LogP contribution in [0.25, 0.3) is 11.0 Å². The van der Waals surface area contributed by atoms with Gasteiger partial charge in [0.15, 0.2) is 0 Å². The Morgan fingerprint density at radius 2 is 2.09 bits per heavy atom. The van der Waals surface area contributed by atoms with E-state index < -0.39 is 0 Å². The zero-order valence-electron chi connectivity index (χ0n) is 13.0. The number of para-hydroxylation sites is 2. The highest BCUT2D eigenvalue weighted by Crippen LogP contribution is 2.11. The molecular formula is C16H24N4O2. The summed E-state index contributed by atoms with van der Waals surface area (Å²) in [6, 6.07) is 7.82. The van der Waals surface area contributed by atoms with Crippen LogP contribution in [0.15, 0.2) is 30.6 Å². The van der Waals surface area contributed by atoms with E-state index in [1.807, 2.05) is 37.5 Å². The lowest BCUT2D eigenvalue weighted by atomic mass is 10.2. The zero-order valence-corrected chi connectivity index (χ0v) is 13.0. The van der Waals surface area contributed by atoms with Crippen molar-refractivity contribution in [1.82, 2.24) is 20.2 Å². The Balaban J connectivity index is 1.64. The van der Waals surface area contributed by atoms with Crippen LogP contribution in [0.5, 0.6) is 0 Å². The van der Waals surface area contributed by atoms with E-state index in [0.717, 1.165) is 24.0 Å². The molecule has 1 aromatic carbocycles. The Kier molecular flexibility index (Phi) is 6.21. The van der Waals surface area contributed by atoms with Crippen LogP contribution in [0.1, 0.15) is 26.2 Å². The predicted molar refractivity (Wildman–Crippen MR) is 86.7 cm³/mol. The van der Waals surface area contributed by atoms with Crippen molar-refractivity contribution in [2.45, 2.75) is 38.8 Å². The second-order valence-electron chi connectivity index (χ2n) is 5.31. The number of nitrogens with one attached hydrogen (secondary N) is 2. The molecule has 6 heteroatoms. The summed E-state index contributed by atoms with van der Waals surface area (Å²) in [4.78, 5) is 15.9. The Bertz CT molecular complexity index is 597. The molecule has 0 radical (unpaired) electrons. The summed E-state index contributed by atoms with van der Waals surface area (Å²) in [6.07, 6.45) is 3.63. The molecule has 1 aromatic heterocycles. The largest absolute Gasteiger partial charge is 0.393 e. The number of aliphatic hydroxyl groups excluding tert-OH is 1. The summed E-state index contributed by atoms with van der Waals surface area (Å²) in [5.41, 5.74) is 2.10. The predicted octanol–water partition coefficient (Wildman–Crippen LogP) is 1.89. The number of nitrogens with zero attached hydrogens (tertiary/aromatic N) is 2. The number of aryl methyl sites for hydroxylation is 1. The molecule has 2 amide bonds. The van der Waals surface area contributed by atoms with E-state index in [9.17, 15) is 9.90 Å². The molecule has 0 spiro atoms. The normalized spacial score (nSPS) is 12.3. The highest BCUT2D eigenvalue weighted by atomic mass is 16.3. The second-order valence-corrected chi connectivity index (χ2v) is 5.31. The van der Waals surface area contributed by atoms with Crippen molar-refractivity contribution < 1.29 is 9.90 Å². The topological polar surface area (TPSA) is 79.2 Å². The molecule has 0 aliphatic rings. The summed E-state index contributed by atoms with van der Waals surface area (Å²) in [5.74, 6) is 0. The second kappa shape index (κ2) is 8.38. The maximum absolute atomic E-state index is 11.6. The molecule has 3 N–H and O–H groups in total. The Morgan fingerprint density at radius 1 is 1.32 bits per heavy atom. The van der Waals surface area contributed by atoms with E-state index in [-0.39, 0.29) is 12.1 Å². The number of aliphatic hydroxyl groups is 1. The summed E-state index contributed by atoms with van der Waals surface area (Å²) in [6.45, 7) is 3.83. The van der Waals surface area contributed by atoms with Crippen LogP contribution < -0.4 is 10.6 Å². The number of benzene rings is 1. The smallest absolute Gasteiger partial charge is 0.314 e. The van der Waals surface area contributed by atoms with E-state index in [2.05, 4.69) is 20.2 Å². The van der Waals surface area contributed by atoms with Crippen molar-refractivity contribution in [1.29, 1.82) is 0 Å². The van der Waals surface area contributed by atoms with Crippen LogP contribution >= 0.6 is 0 Å². The highest BCUT2D eigenvalue weighted by Gasteiger charge is 2.04. The van der Waals surface area contributed by atoms with Crippen LogP contribution in [0, 0.1) is 0 Å². The lowest BCUT2D eigenvalue weighted by Crippen LogP contribution is -2.37. The van der Waals surface area contributed by atoms with Crippen LogP contribution in [-0.2, 0) is 6.54 Å². The lowest BCUT2D eigenvalue weighted by Gasteiger charge is -2.10. The van der Waals surface area contributed by atoms with Gasteiger partial charge in [0.05, 0.1) is 23.5 Å². The molecule has 120 valence electrons. The Morgan fingerprint density at radius 3 is 2.91 bits per heavy atom.